The topological polar surface area (TPSA) is 64.6 Å². The number of allylic oxidation sites excluding steroid dienone is 3. The number of ether oxygens (including phenoxy) is 2. The number of Topliss-reactive ketones (excluding diaryl/α,β-unsaturated/α-hetero) is 1. The van der Waals surface area contributed by atoms with Gasteiger partial charge in [0, 0.05) is 29.0 Å². The zero-order chi connectivity index (χ0) is 28.2. The lowest BCUT2D eigenvalue weighted by atomic mass is 9.71. The molecule has 41 heavy (non-hydrogen) atoms. The van der Waals surface area contributed by atoms with E-state index in [0.29, 0.717) is 36.3 Å². The summed E-state index contributed by atoms with van der Waals surface area (Å²) in [5, 5.41) is 3.49. The summed E-state index contributed by atoms with van der Waals surface area (Å²) in [6.45, 7) is 2.32. The SMILES string of the molecule is CC1=C(C(=O)OC2CCCCC2)[C@H](c2ccccc2OCc2ccccc2)C2=C(C[C@H](c3ccccc3)CC2=O)N1. The Balaban J connectivity index is 1.39. The van der Waals surface area contributed by atoms with E-state index >= 15 is 0 Å². The van der Waals surface area contributed by atoms with Crippen molar-refractivity contribution in [3.8, 4) is 5.75 Å². The molecular formula is C36H37NO4. The first-order chi connectivity index (χ1) is 20.1. The van der Waals surface area contributed by atoms with Crippen LogP contribution in [0.3, 0.4) is 0 Å². The van der Waals surface area contributed by atoms with Gasteiger partial charge in [-0.25, -0.2) is 4.79 Å². The monoisotopic (exact) mass is 547 g/mol. The van der Waals surface area contributed by atoms with Gasteiger partial charge in [0.15, 0.2) is 5.78 Å². The van der Waals surface area contributed by atoms with E-state index in [-0.39, 0.29) is 23.8 Å². The molecule has 0 aromatic heterocycles. The lowest BCUT2D eigenvalue weighted by molar-refractivity contribution is -0.146. The third-order valence-electron chi connectivity index (χ3n) is 8.61. The maximum absolute atomic E-state index is 14.0. The highest BCUT2D eigenvalue weighted by Gasteiger charge is 2.43. The van der Waals surface area contributed by atoms with Crippen LogP contribution in [0.15, 0.2) is 107 Å². The molecule has 0 saturated heterocycles. The summed E-state index contributed by atoms with van der Waals surface area (Å²) in [5.74, 6) is -0.0775. The van der Waals surface area contributed by atoms with Crippen molar-refractivity contribution in [3.63, 3.8) is 0 Å². The Morgan fingerprint density at radius 1 is 0.854 bits per heavy atom. The number of hydrogen-bond donors (Lipinski definition) is 1. The van der Waals surface area contributed by atoms with Gasteiger partial charge in [-0.3, -0.25) is 4.79 Å². The van der Waals surface area contributed by atoms with Crippen LogP contribution in [0, 0.1) is 0 Å². The van der Waals surface area contributed by atoms with E-state index in [2.05, 4.69) is 17.4 Å². The van der Waals surface area contributed by atoms with Crippen molar-refractivity contribution in [2.45, 2.75) is 76.4 Å². The number of nitrogens with one attached hydrogen (secondary N) is 1. The van der Waals surface area contributed by atoms with Gasteiger partial charge < -0.3 is 14.8 Å². The van der Waals surface area contributed by atoms with Gasteiger partial charge >= 0.3 is 5.97 Å². The van der Waals surface area contributed by atoms with Crippen molar-refractivity contribution in [2.75, 3.05) is 0 Å². The normalized spacial score (nSPS) is 21.2. The Labute approximate surface area is 242 Å². The summed E-state index contributed by atoms with van der Waals surface area (Å²) >= 11 is 0. The summed E-state index contributed by atoms with van der Waals surface area (Å²) in [6.07, 6.45) is 6.12. The molecule has 210 valence electrons. The third-order valence-corrected chi connectivity index (χ3v) is 8.61. The van der Waals surface area contributed by atoms with Crippen LogP contribution in [0.2, 0.25) is 0 Å². The van der Waals surface area contributed by atoms with Gasteiger partial charge in [-0.15, -0.1) is 0 Å². The van der Waals surface area contributed by atoms with Gasteiger partial charge in [0.25, 0.3) is 0 Å². The number of dihydropyridines is 1. The molecule has 5 nitrogen and oxygen atoms in total. The average Bonchev–Trinajstić information content (AvgIpc) is 3.01. The fourth-order valence-corrected chi connectivity index (χ4v) is 6.57. The first kappa shape index (κ1) is 27.1. The van der Waals surface area contributed by atoms with Crippen LogP contribution in [0.5, 0.6) is 5.75 Å². The summed E-state index contributed by atoms with van der Waals surface area (Å²) in [4.78, 5) is 28.0. The van der Waals surface area contributed by atoms with Gasteiger partial charge in [-0.05, 0) is 62.1 Å². The van der Waals surface area contributed by atoms with E-state index in [1.807, 2.05) is 79.7 Å². The molecule has 0 unspecified atom stereocenters. The van der Waals surface area contributed by atoms with Crippen LogP contribution in [0.4, 0.5) is 0 Å². The van der Waals surface area contributed by atoms with Gasteiger partial charge in [-0.2, -0.15) is 0 Å². The van der Waals surface area contributed by atoms with E-state index in [1.54, 1.807) is 0 Å². The van der Waals surface area contributed by atoms with E-state index in [4.69, 9.17) is 9.47 Å². The lowest BCUT2D eigenvalue weighted by Gasteiger charge is -2.37. The van der Waals surface area contributed by atoms with Crippen LogP contribution in [-0.2, 0) is 20.9 Å². The Kier molecular flexibility index (Phi) is 8.04. The summed E-state index contributed by atoms with van der Waals surface area (Å²) < 4.78 is 12.5. The predicted octanol–water partition coefficient (Wildman–Crippen LogP) is 7.50. The van der Waals surface area contributed by atoms with Crippen molar-refractivity contribution in [1.82, 2.24) is 5.32 Å². The van der Waals surface area contributed by atoms with Gasteiger partial charge in [0.1, 0.15) is 18.5 Å². The van der Waals surface area contributed by atoms with Crippen LogP contribution in [-0.4, -0.2) is 17.9 Å². The minimum absolute atomic E-state index is 0.0610. The number of carbonyl (C=O) groups is 2. The van der Waals surface area contributed by atoms with Crippen LogP contribution < -0.4 is 10.1 Å². The molecule has 0 radical (unpaired) electrons. The first-order valence-electron chi connectivity index (χ1n) is 14.8. The second-order valence-corrected chi connectivity index (χ2v) is 11.4. The summed E-state index contributed by atoms with van der Waals surface area (Å²) in [6, 6.07) is 28.0. The van der Waals surface area contributed by atoms with Crippen molar-refractivity contribution < 1.29 is 19.1 Å². The Morgan fingerprint density at radius 3 is 2.29 bits per heavy atom. The average molecular weight is 548 g/mol. The highest BCUT2D eigenvalue weighted by molar-refractivity contribution is 6.04. The molecule has 1 aliphatic heterocycles. The molecule has 1 N–H and O–H groups in total. The third kappa shape index (κ3) is 5.85. The number of para-hydroxylation sites is 1. The van der Waals surface area contributed by atoms with E-state index in [9.17, 15) is 9.59 Å². The van der Waals surface area contributed by atoms with E-state index in [1.165, 1.54) is 6.42 Å². The van der Waals surface area contributed by atoms with Crippen LogP contribution in [0.25, 0.3) is 0 Å². The number of ketones is 1. The Morgan fingerprint density at radius 2 is 1.54 bits per heavy atom. The Hall–Kier alpha value is -4.12. The number of rotatable bonds is 7. The van der Waals surface area contributed by atoms with Crippen LogP contribution in [0.1, 0.15) is 80.4 Å². The summed E-state index contributed by atoms with van der Waals surface area (Å²) in [7, 11) is 0. The smallest absolute Gasteiger partial charge is 0.337 e. The maximum atomic E-state index is 14.0. The molecule has 2 atom stereocenters. The second kappa shape index (κ2) is 12.2. The largest absolute Gasteiger partial charge is 0.489 e. The number of carbonyl (C=O) groups excluding carboxylic acids is 2. The number of benzene rings is 3. The molecule has 0 bridgehead atoms. The molecule has 3 aromatic rings. The molecule has 2 aliphatic carbocycles. The maximum Gasteiger partial charge on any atom is 0.337 e. The molecule has 3 aromatic carbocycles. The molecule has 1 fully saturated rings. The van der Waals surface area contributed by atoms with Crippen molar-refractivity contribution in [3.05, 3.63) is 124 Å². The quantitative estimate of drug-likeness (QED) is 0.310. The fraction of sp³-hybridized carbons (Fsp3) is 0.333. The fourth-order valence-electron chi connectivity index (χ4n) is 6.57. The van der Waals surface area contributed by atoms with Gasteiger partial charge in [-0.1, -0.05) is 85.3 Å². The number of hydrogen-bond acceptors (Lipinski definition) is 5. The van der Waals surface area contributed by atoms with Crippen molar-refractivity contribution in [1.29, 1.82) is 0 Å². The zero-order valence-electron chi connectivity index (χ0n) is 23.6. The van der Waals surface area contributed by atoms with Crippen molar-refractivity contribution >= 4 is 11.8 Å². The molecule has 0 spiro atoms. The predicted molar refractivity (Wildman–Crippen MR) is 159 cm³/mol. The zero-order valence-corrected chi connectivity index (χ0v) is 23.6. The minimum Gasteiger partial charge on any atom is -0.489 e. The van der Waals surface area contributed by atoms with E-state index < -0.39 is 5.92 Å². The highest BCUT2D eigenvalue weighted by Crippen LogP contribution is 2.48. The molecule has 0 amide bonds. The number of esters is 1. The van der Waals surface area contributed by atoms with Crippen molar-refractivity contribution in [2.24, 2.45) is 0 Å². The van der Waals surface area contributed by atoms with Crippen LogP contribution >= 0.6 is 0 Å². The molecule has 6 rings (SSSR count). The molecular weight excluding hydrogens is 510 g/mol. The summed E-state index contributed by atoms with van der Waals surface area (Å²) in [5.41, 5.74) is 5.83. The second-order valence-electron chi connectivity index (χ2n) is 11.4. The molecule has 5 heteroatoms. The Bertz CT molecular complexity index is 1470. The first-order valence-corrected chi connectivity index (χ1v) is 14.8. The lowest BCUT2D eigenvalue weighted by Crippen LogP contribution is -2.37. The minimum atomic E-state index is -0.557. The molecule has 1 saturated carbocycles. The molecule has 3 aliphatic rings. The molecule has 1 heterocycles. The van der Waals surface area contributed by atoms with Gasteiger partial charge in [0.2, 0.25) is 0 Å². The van der Waals surface area contributed by atoms with Gasteiger partial charge in [0.05, 0.1) is 11.5 Å². The standard InChI is InChI=1S/C36H37NO4/c1-24-33(36(39)41-28-17-9-4-10-18-28)34(29-19-11-12-20-32(29)40-23-25-13-5-2-6-14-25)35-30(37-24)21-27(22-31(35)38)26-15-7-3-8-16-26/h2-3,5-8,11-16,19-20,27-28,34,37H,4,9-10,17-18,21-23H2,1H3/t27-,34-/m0/s1. The highest BCUT2D eigenvalue weighted by atomic mass is 16.5. The van der Waals surface area contributed by atoms with E-state index in [0.717, 1.165) is 53.8 Å².